The minimum atomic E-state index is -0.233. The van der Waals surface area contributed by atoms with E-state index in [1.165, 1.54) is 0 Å². The molecule has 0 spiro atoms. The molecule has 7 nitrogen and oxygen atoms in total. The number of carbonyl (C=O) groups is 1. The molecule has 2 N–H and O–H groups in total. The summed E-state index contributed by atoms with van der Waals surface area (Å²) < 4.78 is 11.1. The molecule has 1 heterocycles. The monoisotopic (exact) mass is 342 g/mol. The SMILES string of the molecule is CCNC(=NCCOCC1CCCO1)N(C)CC(=O)NC(C)(C)C. The van der Waals surface area contributed by atoms with Crippen LogP contribution in [0.25, 0.3) is 0 Å². The number of amides is 1. The van der Waals surface area contributed by atoms with E-state index < -0.39 is 0 Å². The summed E-state index contributed by atoms with van der Waals surface area (Å²) in [5, 5.41) is 6.15. The Hall–Kier alpha value is -1.34. The minimum Gasteiger partial charge on any atom is -0.377 e. The first-order valence-electron chi connectivity index (χ1n) is 8.81. The third-order valence-corrected chi connectivity index (χ3v) is 3.42. The molecule has 1 atom stereocenters. The molecule has 7 heteroatoms. The van der Waals surface area contributed by atoms with Gasteiger partial charge in [0.15, 0.2) is 5.96 Å². The zero-order chi connectivity index (χ0) is 18.0. The maximum absolute atomic E-state index is 12.0. The summed E-state index contributed by atoms with van der Waals surface area (Å²) in [6, 6.07) is 0. The molecule has 0 saturated carbocycles. The van der Waals surface area contributed by atoms with Crippen molar-refractivity contribution in [1.82, 2.24) is 15.5 Å². The number of hydrogen-bond acceptors (Lipinski definition) is 4. The summed E-state index contributed by atoms with van der Waals surface area (Å²) in [5.41, 5.74) is -0.233. The van der Waals surface area contributed by atoms with Gasteiger partial charge >= 0.3 is 0 Å². The molecule has 0 radical (unpaired) electrons. The summed E-state index contributed by atoms with van der Waals surface area (Å²) in [6.07, 6.45) is 2.45. The van der Waals surface area contributed by atoms with Crippen molar-refractivity contribution in [3.05, 3.63) is 0 Å². The lowest BCUT2D eigenvalue weighted by Gasteiger charge is -2.25. The Kier molecular flexibility index (Phi) is 9.07. The lowest BCUT2D eigenvalue weighted by molar-refractivity contribution is -0.122. The van der Waals surface area contributed by atoms with Crippen LogP contribution < -0.4 is 10.6 Å². The van der Waals surface area contributed by atoms with Crippen LogP contribution in [0.1, 0.15) is 40.5 Å². The maximum Gasteiger partial charge on any atom is 0.240 e. The number of nitrogens with one attached hydrogen (secondary N) is 2. The molecule has 24 heavy (non-hydrogen) atoms. The van der Waals surface area contributed by atoms with Gasteiger partial charge in [0.05, 0.1) is 32.4 Å². The van der Waals surface area contributed by atoms with Gasteiger partial charge in [0.1, 0.15) is 0 Å². The van der Waals surface area contributed by atoms with E-state index in [9.17, 15) is 4.79 Å². The average Bonchev–Trinajstić information content (AvgIpc) is 2.96. The molecule has 0 aromatic rings. The Morgan fingerprint density at radius 3 is 2.75 bits per heavy atom. The summed E-state index contributed by atoms with van der Waals surface area (Å²) in [4.78, 5) is 18.4. The topological polar surface area (TPSA) is 75.2 Å². The van der Waals surface area contributed by atoms with E-state index in [0.29, 0.717) is 25.7 Å². The number of rotatable bonds is 8. The quantitative estimate of drug-likeness (QED) is 0.391. The second-order valence-electron chi connectivity index (χ2n) is 7.10. The summed E-state index contributed by atoms with van der Waals surface area (Å²) in [5.74, 6) is 0.688. The van der Waals surface area contributed by atoms with Crippen molar-refractivity contribution in [3.63, 3.8) is 0 Å². The Morgan fingerprint density at radius 2 is 2.17 bits per heavy atom. The van der Waals surface area contributed by atoms with Crippen molar-refractivity contribution in [2.24, 2.45) is 4.99 Å². The van der Waals surface area contributed by atoms with Crippen molar-refractivity contribution in [3.8, 4) is 0 Å². The molecule has 0 aromatic carbocycles. The Labute approximate surface area is 146 Å². The van der Waals surface area contributed by atoms with E-state index in [0.717, 1.165) is 26.0 Å². The van der Waals surface area contributed by atoms with Gasteiger partial charge in [-0.3, -0.25) is 9.79 Å². The Morgan fingerprint density at radius 1 is 1.42 bits per heavy atom. The van der Waals surface area contributed by atoms with Gasteiger partial charge in [0, 0.05) is 25.7 Å². The van der Waals surface area contributed by atoms with Crippen molar-refractivity contribution in [1.29, 1.82) is 0 Å². The van der Waals surface area contributed by atoms with Gasteiger partial charge in [0.2, 0.25) is 5.91 Å². The highest BCUT2D eigenvalue weighted by Crippen LogP contribution is 2.11. The maximum atomic E-state index is 12.0. The normalized spacial score (nSPS) is 18.5. The highest BCUT2D eigenvalue weighted by atomic mass is 16.5. The number of carbonyl (C=O) groups excluding carboxylic acids is 1. The molecule has 0 aromatic heterocycles. The molecule has 0 bridgehead atoms. The van der Waals surface area contributed by atoms with Crippen LogP contribution in [0.4, 0.5) is 0 Å². The molecule has 140 valence electrons. The van der Waals surface area contributed by atoms with Gasteiger partial charge in [0.25, 0.3) is 0 Å². The van der Waals surface area contributed by atoms with Crippen LogP contribution in [-0.2, 0) is 14.3 Å². The van der Waals surface area contributed by atoms with Crippen LogP contribution in [0.2, 0.25) is 0 Å². The molecular formula is C17H34N4O3. The van der Waals surface area contributed by atoms with Crippen LogP contribution in [0, 0.1) is 0 Å². The van der Waals surface area contributed by atoms with Gasteiger partial charge < -0.3 is 25.0 Å². The number of guanidine groups is 1. The zero-order valence-corrected chi connectivity index (χ0v) is 15.9. The van der Waals surface area contributed by atoms with Gasteiger partial charge in [-0.25, -0.2) is 0 Å². The summed E-state index contributed by atoms with van der Waals surface area (Å²) in [6.45, 7) is 11.5. The predicted molar refractivity (Wildman–Crippen MR) is 96.3 cm³/mol. The third kappa shape index (κ3) is 9.08. The second-order valence-corrected chi connectivity index (χ2v) is 7.10. The molecule has 1 aliphatic heterocycles. The van der Waals surface area contributed by atoms with E-state index in [1.807, 2.05) is 39.6 Å². The smallest absolute Gasteiger partial charge is 0.240 e. The molecule has 1 aliphatic rings. The van der Waals surface area contributed by atoms with Crippen molar-refractivity contribution < 1.29 is 14.3 Å². The minimum absolute atomic E-state index is 0.0229. The second kappa shape index (κ2) is 10.5. The molecular weight excluding hydrogens is 308 g/mol. The molecule has 0 aliphatic carbocycles. The summed E-state index contributed by atoms with van der Waals surface area (Å²) >= 11 is 0. The highest BCUT2D eigenvalue weighted by Gasteiger charge is 2.17. The first-order valence-corrected chi connectivity index (χ1v) is 8.81. The van der Waals surface area contributed by atoms with Gasteiger partial charge in [-0.2, -0.15) is 0 Å². The first kappa shape index (κ1) is 20.7. The third-order valence-electron chi connectivity index (χ3n) is 3.42. The fourth-order valence-corrected chi connectivity index (χ4v) is 2.42. The van der Waals surface area contributed by atoms with Crippen LogP contribution in [0.5, 0.6) is 0 Å². The Balaban J connectivity index is 2.35. The van der Waals surface area contributed by atoms with E-state index in [2.05, 4.69) is 15.6 Å². The lowest BCUT2D eigenvalue weighted by Crippen LogP contribution is -2.48. The summed E-state index contributed by atoms with van der Waals surface area (Å²) in [7, 11) is 1.86. The molecule has 1 saturated heterocycles. The van der Waals surface area contributed by atoms with Crippen LogP contribution in [-0.4, -0.2) is 74.9 Å². The fraction of sp³-hybridized carbons (Fsp3) is 0.882. The van der Waals surface area contributed by atoms with E-state index in [4.69, 9.17) is 9.47 Å². The number of hydrogen-bond donors (Lipinski definition) is 2. The number of likely N-dealkylation sites (N-methyl/N-ethyl adjacent to an activating group) is 1. The van der Waals surface area contributed by atoms with Crippen molar-refractivity contribution >= 4 is 11.9 Å². The van der Waals surface area contributed by atoms with E-state index in [1.54, 1.807) is 0 Å². The predicted octanol–water partition coefficient (Wildman–Crippen LogP) is 0.994. The van der Waals surface area contributed by atoms with Crippen LogP contribution >= 0.6 is 0 Å². The highest BCUT2D eigenvalue weighted by molar-refractivity contribution is 5.86. The van der Waals surface area contributed by atoms with Crippen molar-refractivity contribution in [2.75, 3.05) is 46.5 Å². The molecule has 1 rings (SSSR count). The number of aliphatic imine (C=N–C) groups is 1. The molecule has 1 fully saturated rings. The number of ether oxygens (including phenoxy) is 2. The molecule has 1 amide bonds. The average molecular weight is 342 g/mol. The van der Waals surface area contributed by atoms with Gasteiger partial charge in [-0.05, 0) is 40.5 Å². The molecule has 1 unspecified atom stereocenters. The van der Waals surface area contributed by atoms with E-state index >= 15 is 0 Å². The first-order chi connectivity index (χ1) is 11.3. The zero-order valence-electron chi connectivity index (χ0n) is 15.9. The van der Waals surface area contributed by atoms with Gasteiger partial charge in [-0.15, -0.1) is 0 Å². The fourth-order valence-electron chi connectivity index (χ4n) is 2.42. The van der Waals surface area contributed by atoms with Crippen molar-refractivity contribution in [2.45, 2.75) is 52.2 Å². The van der Waals surface area contributed by atoms with Crippen LogP contribution in [0.3, 0.4) is 0 Å². The lowest BCUT2D eigenvalue weighted by atomic mass is 10.1. The Bertz CT molecular complexity index is 401. The van der Waals surface area contributed by atoms with E-state index in [-0.39, 0.29) is 24.1 Å². The van der Waals surface area contributed by atoms with Gasteiger partial charge in [-0.1, -0.05) is 0 Å². The number of nitrogens with zero attached hydrogens (tertiary/aromatic N) is 2. The largest absolute Gasteiger partial charge is 0.377 e. The van der Waals surface area contributed by atoms with Crippen LogP contribution in [0.15, 0.2) is 4.99 Å². The standard InChI is InChI=1S/C17H34N4O3/c1-6-18-16(21(5)12-15(22)20-17(2,3)4)19-9-11-23-13-14-8-7-10-24-14/h14H,6-13H2,1-5H3,(H,18,19)(H,20,22).